The molecular formula is C21H21Cl2N3O3S. The van der Waals surface area contributed by atoms with Crippen molar-refractivity contribution in [1.82, 2.24) is 9.62 Å². The average Bonchev–Trinajstić information content (AvgIpc) is 2.75. The lowest BCUT2D eigenvalue weighted by Gasteiger charge is -2.31. The molecule has 1 atom stereocenters. The van der Waals surface area contributed by atoms with Crippen LogP contribution in [0.25, 0.3) is 0 Å². The standard InChI is InChI=1S/C21H21Cl2N3O3S/c1-14(17-4-7-19(22)20(23)12-17)25-21(27)16-8-10-26(11-9-16)30(28,29)18-5-2-15(13-24)3-6-18/h2-7,12,14,16H,8-11H2,1H3,(H,25,27). The number of benzene rings is 2. The van der Waals surface area contributed by atoms with Gasteiger partial charge in [-0.05, 0) is 61.7 Å². The van der Waals surface area contributed by atoms with Gasteiger partial charge >= 0.3 is 0 Å². The SMILES string of the molecule is CC(NC(=O)C1CCN(S(=O)(=O)c2ccc(C#N)cc2)CC1)c1ccc(Cl)c(Cl)c1. The normalized spacial score (nSPS) is 16.6. The molecule has 0 bridgehead atoms. The van der Waals surface area contributed by atoms with E-state index in [1.165, 1.54) is 28.6 Å². The predicted octanol–water partition coefficient (Wildman–Crippen LogP) is 4.14. The Labute approximate surface area is 186 Å². The molecule has 1 fully saturated rings. The zero-order valence-electron chi connectivity index (χ0n) is 16.3. The number of nitriles is 1. The Morgan fingerprint density at radius 2 is 1.77 bits per heavy atom. The van der Waals surface area contributed by atoms with E-state index >= 15 is 0 Å². The fourth-order valence-corrected chi connectivity index (χ4v) is 5.18. The Kier molecular flexibility index (Phi) is 7.04. The molecule has 3 rings (SSSR count). The van der Waals surface area contributed by atoms with Gasteiger partial charge < -0.3 is 5.32 Å². The van der Waals surface area contributed by atoms with Crippen LogP contribution >= 0.6 is 23.2 Å². The number of carbonyl (C=O) groups is 1. The quantitative estimate of drug-likeness (QED) is 0.717. The van der Waals surface area contributed by atoms with Gasteiger partial charge in [-0.25, -0.2) is 8.42 Å². The van der Waals surface area contributed by atoms with Gasteiger partial charge in [0.25, 0.3) is 0 Å². The summed E-state index contributed by atoms with van der Waals surface area (Å²) in [6.07, 6.45) is 0.880. The van der Waals surface area contributed by atoms with E-state index in [2.05, 4.69) is 5.32 Å². The summed E-state index contributed by atoms with van der Waals surface area (Å²) >= 11 is 12.0. The topological polar surface area (TPSA) is 90.3 Å². The van der Waals surface area contributed by atoms with Crippen molar-refractivity contribution in [3.63, 3.8) is 0 Å². The number of carbonyl (C=O) groups excluding carboxylic acids is 1. The lowest BCUT2D eigenvalue weighted by atomic mass is 9.96. The summed E-state index contributed by atoms with van der Waals surface area (Å²) in [7, 11) is -3.65. The van der Waals surface area contributed by atoms with Gasteiger partial charge in [0.1, 0.15) is 0 Å². The van der Waals surface area contributed by atoms with Crippen LogP contribution in [-0.2, 0) is 14.8 Å². The Balaban J connectivity index is 1.59. The smallest absolute Gasteiger partial charge is 0.243 e. The predicted molar refractivity (Wildman–Crippen MR) is 116 cm³/mol. The lowest BCUT2D eigenvalue weighted by Crippen LogP contribution is -2.43. The molecule has 0 saturated carbocycles. The molecule has 30 heavy (non-hydrogen) atoms. The minimum Gasteiger partial charge on any atom is -0.349 e. The van der Waals surface area contributed by atoms with Crippen molar-refractivity contribution in [2.45, 2.75) is 30.7 Å². The molecule has 1 heterocycles. The van der Waals surface area contributed by atoms with Gasteiger partial charge in [-0.2, -0.15) is 9.57 Å². The number of amides is 1. The van der Waals surface area contributed by atoms with Crippen molar-refractivity contribution in [1.29, 1.82) is 5.26 Å². The molecule has 6 nitrogen and oxygen atoms in total. The number of rotatable bonds is 5. The molecule has 0 aliphatic carbocycles. The second kappa shape index (κ2) is 9.36. The molecule has 158 valence electrons. The van der Waals surface area contributed by atoms with Crippen molar-refractivity contribution in [2.24, 2.45) is 5.92 Å². The summed E-state index contributed by atoms with van der Waals surface area (Å²) in [4.78, 5) is 12.8. The van der Waals surface area contributed by atoms with Gasteiger partial charge in [0.15, 0.2) is 0 Å². The first-order chi connectivity index (χ1) is 14.2. The van der Waals surface area contributed by atoms with Crippen LogP contribution in [0, 0.1) is 17.2 Å². The molecule has 1 aliphatic rings. The highest BCUT2D eigenvalue weighted by atomic mass is 35.5. The van der Waals surface area contributed by atoms with Crippen LogP contribution in [0.3, 0.4) is 0 Å². The summed E-state index contributed by atoms with van der Waals surface area (Å²) in [5.74, 6) is -0.369. The van der Waals surface area contributed by atoms with Crippen molar-refractivity contribution >= 4 is 39.1 Å². The molecule has 1 saturated heterocycles. The second-order valence-electron chi connectivity index (χ2n) is 7.22. The number of nitrogens with one attached hydrogen (secondary N) is 1. The number of hydrogen-bond donors (Lipinski definition) is 1. The molecule has 1 aliphatic heterocycles. The molecule has 1 N–H and O–H groups in total. The van der Waals surface area contributed by atoms with Crippen LogP contribution in [0.2, 0.25) is 10.0 Å². The minimum atomic E-state index is -3.65. The molecular weight excluding hydrogens is 445 g/mol. The molecule has 0 spiro atoms. The first-order valence-electron chi connectivity index (χ1n) is 9.48. The minimum absolute atomic E-state index is 0.107. The van der Waals surface area contributed by atoms with Crippen molar-refractivity contribution in [3.05, 3.63) is 63.6 Å². The lowest BCUT2D eigenvalue weighted by molar-refractivity contribution is -0.126. The highest BCUT2D eigenvalue weighted by Crippen LogP contribution is 2.27. The number of halogens is 2. The van der Waals surface area contributed by atoms with E-state index in [1.54, 1.807) is 12.1 Å². The van der Waals surface area contributed by atoms with E-state index in [9.17, 15) is 13.2 Å². The van der Waals surface area contributed by atoms with Gasteiger partial charge in [0, 0.05) is 19.0 Å². The average molecular weight is 466 g/mol. The number of hydrogen-bond acceptors (Lipinski definition) is 4. The fourth-order valence-electron chi connectivity index (χ4n) is 3.41. The van der Waals surface area contributed by atoms with E-state index in [1.807, 2.05) is 19.1 Å². The summed E-state index contributed by atoms with van der Waals surface area (Å²) in [5, 5.41) is 12.7. The molecule has 9 heteroatoms. The van der Waals surface area contributed by atoms with E-state index < -0.39 is 10.0 Å². The maximum atomic E-state index is 12.8. The fraction of sp³-hybridized carbons (Fsp3) is 0.333. The third-order valence-electron chi connectivity index (χ3n) is 5.25. The van der Waals surface area contributed by atoms with Crippen LogP contribution < -0.4 is 5.32 Å². The van der Waals surface area contributed by atoms with Gasteiger partial charge in [-0.15, -0.1) is 0 Å². The van der Waals surface area contributed by atoms with Crippen LogP contribution in [0.1, 0.15) is 36.9 Å². The van der Waals surface area contributed by atoms with E-state index in [-0.39, 0.29) is 35.9 Å². The van der Waals surface area contributed by atoms with E-state index in [4.69, 9.17) is 28.5 Å². The first kappa shape index (κ1) is 22.6. The van der Waals surface area contributed by atoms with Gasteiger partial charge in [-0.3, -0.25) is 4.79 Å². The molecule has 2 aromatic rings. The van der Waals surface area contributed by atoms with Crippen LogP contribution in [0.15, 0.2) is 47.4 Å². The van der Waals surface area contributed by atoms with E-state index in [0.717, 1.165) is 5.56 Å². The van der Waals surface area contributed by atoms with Crippen molar-refractivity contribution < 1.29 is 13.2 Å². The summed E-state index contributed by atoms with van der Waals surface area (Å²) in [6.45, 7) is 2.39. The third kappa shape index (κ3) is 4.96. The zero-order valence-corrected chi connectivity index (χ0v) is 18.6. The number of sulfonamides is 1. The van der Waals surface area contributed by atoms with Gasteiger partial charge in [0.2, 0.25) is 15.9 Å². The Hall–Kier alpha value is -2.11. The molecule has 0 radical (unpaired) electrons. The second-order valence-corrected chi connectivity index (χ2v) is 9.97. The molecule has 0 aromatic heterocycles. The largest absolute Gasteiger partial charge is 0.349 e. The van der Waals surface area contributed by atoms with Gasteiger partial charge in [-0.1, -0.05) is 29.3 Å². The first-order valence-corrected chi connectivity index (χ1v) is 11.7. The Morgan fingerprint density at radius 1 is 1.13 bits per heavy atom. The van der Waals surface area contributed by atoms with E-state index in [0.29, 0.717) is 28.5 Å². The van der Waals surface area contributed by atoms with Crippen LogP contribution in [-0.4, -0.2) is 31.7 Å². The van der Waals surface area contributed by atoms with Crippen molar-refractivity contribution in [2.75, 3.05) is 13.1 Å². The highest BCUT2D eigenvalue weighted by Gasteiger charge is 2.32. The maximum Gasteiger partial charge on any atom is 0.243 e. The third-order valence-corrected chi connectivity index (χ3v) is 7.90. The summed E-state index contributed by atoms with van der Waals surface area (Å²) in [5.41, 5.74) is 1.25. The maximum absolute atomic E-state index is 12.8. The van der Waals surface area contributed by atoms with Crippen LogP contribution in [0.4, 0.5) is 0 Å². The van der Waals surface area contributed by atoms with Crippen LogP contribution in [0.5, 0.6) is 0 Å². The number of nitrogens with zero attached hydrogens (tertiary/aromatic N) is 2. The number of piperidine rings is 1. The zero-order chi connectivity index (χ0) is 21.9. The Morgan fingerprint density at radius 3 is 2.33 bits per heavy atom. The molecule has 1 unspecified atom stereocenters. The molecule has 1 amide bonds. The van der Waals surface area contributed by atoms with Crippen molar-refractivity contribution in [3.8, 4) is 6.07 Å². The Bertz CT molecular complexity index is 1070. The molecule has 2 aromatic carbocycles. The summed E-state index contributed by atoms with van der Waals surface area (Å²) < 4.78 is 27.0. The summed E-state index contributed by atoms with van der Waals surface area (Å²) in [6, 6.07) is 12.8. The highest BCUT2D eigenvalue weighted by molar-refractivity contribution is 7.89. The van der Waals surface area contributed by atoms with Gasteiger partial charge in [0.05, 0.1) is 32.6 Å². The monoisotopic (exact) mass is 465 g/mol.